The first-order chi connectivity index (χ1) is 13.7. The van der Waals surface area contributed by atoms with Crippen LogP contribution in [0.1, 0.15) is 31.5 Å². The van der Waals surface area contributed by atoms with E-state index in [2.05, 4.69) is 20.6 Å². The summed E-state index contributed by atoms with van der Waals surface area (Å²) in [5, 5.41) is 5.88. The van der Waals surface area contributed by atoms with Gasteiger partial charge in [0.15, 0.2) is 17.5 Å². The van der Waals surface area contributed by atoms with Crippen molar-refractivity contribution in [2.75, 3.05) is 29.6 Å². The molecule has 0 saturated heterocycles. The van der Waals surface area contributed by atoms with Gasteiger partial charge in [-0.15, -0.1) is 12.4 Å². The Labute approximate surface area is 179 Å². The smallest absolute Gasteiger partial charge is 0.227 e. The number of benzene rings is 1. The second-order valence-electron chi connectivity index (χ2n) is 7.49. The molecule has 10 heteroatoms. The number of hydrogen-bond acceptors (Lipinski definition) is 5. The third-order valence-electron chi connectivity index (χ3n) is 4.98. The van der Waals surface area contributed by atoms with Gasteiger partial charge in [-0.25, -0.2) is 23.1 Å². The lowest BCUT2D eigenvalue weighted by Crippen LogP contribution is -2.32. The topological polar surface area (TPSA) is 70.2 Å². The van der Waals surface area contributed by atoms with Crippen molar-refractivity contribution in [3.05, 3.63) is 41.5 Å². The number of nitrogens with zero attached hydrogens (tertiary/aromatic N) is 3. The number of anilines is 3. The van der Waals surface area contributed by atoms with E-state index in [1.165, 1.54) is 0 Å². The lowest BCUT2D eigenvalue weighted by Gasteiger charge is -2.29. The number of nitrogens with one attached hydrogen (secondary N) is 2. The van der Waals surface area contributed by atoms with Crippen LogP contribution < -0.4 is 15.5 Å². The highest BCUT2D eigenvalue weighted by Gasteiger charge is 2.27. The van der Waals surface area contributed by atoms with Crippen LogP contribution in [0.3, 0.4) is 0 Å². The van der Waals surface area contributed by atoms with E-state index in [0.717, 1.165) is 36.6 Å². The van der Waals surface area contributed by atoms with Crippen molar-refractivity contribution in [3.63, 3.8) is 0 Å². The number of aryl methyl sites for hydroxylation is 1. The van der Waals surface area contributed by atoms with E-state index in [9.17, 15) is 18.0 Å². The first-order valence-electron chi connectivity index (χ1n) is 9.48. The van der Waals surface area contributed by atoms with Crippen molar-refractivity contribution in [3.8, 4) is 0 Å². The molecule has 30 heavy (non-hydrogen) atoms. The van der Waals surface area contributed by atoms with Gasteiger partial charge in [0.25, 0.3) is 0 Å². The Morgan fingerprint density at radius 1 is 1.03 bits per heavy atom. The van der Waals surface area contributed by atoms with Crippen molar-refractivity contribution in [2.45, 2.75) is 38.6 Å². The summed E-state index contributed by atoms with van der Waals surface area (Å²) in [5.74, 6) is -2.57. The van der Waals surface area contributed by atoms with Crippen LogP contribution in [0.25, 0.3) is 0 Å². The highest BCUT2D eigenvalue weighted by atomic mass is 35.5. The van der Waals surface area contributed by atoms with Gasteiger partial charge in [0.1, 0.15) is 17.5 Å². The molecule has 2 N–H and O–H groups in total. The summed E-state index contributed by atoms with van der Waals surface area (Å²) in [6, 6.07) is 3.61. The van der Waals surface area contributed by atoms with Crippen LogP contribution in [-0.4, -0.2) is 36.0 Å². The van der Waals surface area contributed by atoms with Gasteiger partial charge in [-0.05, 0) is 32.6 Å². The van der Waals surface area contributed by atoms with Gasteiger partial charge in [0, 0.05) is 49.9 Å². The SMILES string of the molecule is Cc1nc(NC2CCC(C(=O)Nc3cc(F)c(F)c(F)c3)CC2)cc(N(C)C)n1.Cl. The van der Waals surface area contributed by atoms with Crippen molar-refractivity contribution >= 4 is 35.6 Å². The maximum absolute atomic E-state index is 13.3. The van der Waals surface area contributed by atoms with Crippen LogP contribution in [0.2, 0.25) is 0 Å². The molecule has 1 aromatic heterocycles. The van der Waals surface area contributed by atoms with E-state index < -0.39 is 17.5 Å². The van der Waals surface area contributed by atoms with Gasteiger partial charge in [-0.3, -0.25) is 4.79 Å². The van der Waals surface area contributed by atoms with Crippen molar-refractivity contribution < 1.29 is 18.0 Å². The maximum Gasteiger partial charge on any atom is 0.227 e. The molecule has 0 radical (unpaired) electrons. The minimum atomic E-state index is -1.55. The predicted octanol–water partition coefficient (Wildman–Crippen LogP) is 4.30. The third kappa shape index (κ3) is 5.75. The van der Waals surface area contributed by atoms with Crippen LogP contribution >= 0.6 is 12.4 Å². The zero-order valence-corrected chi connectivity index (χ0v) is 17.8. The van der Waals surface area contributed by atoms with Crippen LogP contribution in [0.15, 0.2) is 18.2 Å². The predicted molar refractivity (Wildman–Crippen MR) is 113 cm³/mol. The zero-order valence-electron chi connectivity index (χ0n) is 17.0. The maximum atomic E-state index is 13.3. The summed E-state index contributed by atoms with van der Waals surface area (Å²) in [6.07, 6.45) is 2.76. The van der Waals surface area contributed by atoms with Gasteiger partial charge in [0.05, 0.1) is 0 Å². The number of carbonyl (C=O) groups is 1. The first-order valence-corrected chi connectivity index (χ1v) is 9.48. The molecule has 0 aliphatic heterocycles. The van der Waals surface area contributed by atoms with Gasteiger partial charge in [-0.2, -0.15) is 0 Å². The third-order valence-corrected chi connectivity index (χ3v) is 4.98. The van der Waals surface area contributed by atoms with Crippen LogP contribution in [0, 0.1) is 30.3 Å². The van der Waals surface area contributed by atoms with Gasteiger partial charge < -0.3 is 15.5 Å². The number of halogens is 4. The summed E-state index contributed by atoms with van der Waals surface area (Å²) >= 11 is 0. The quantitative estimate of drug-likeness (QED) is 0.674. The van der Waals surface area contributed by atoms with E-state index in [1.807, 2.05) is 32.0 Å². The largest absolute Gasteiger partial charge is 0.367 e. The Balaban J connectivity index is 0.00000320. The minimum absolute atomic E-state index is 0. The molecule has 1 aliphatic rings. The van der Waals surface area contributed by atoms with Crippen LogP contribution in [0.5, 0.6) is 0 Å². The van der Waals surface area contributed by atoms with E-state index >= 15 is 0 Å². The molecule has 1 saturated carbocycles. The monoisotopic (exact) mass is 443 g/mol. The number of aromatic nitrogens is 2. The lowest BCUT2D eigenvalue weighted by atomic mass is 9.85. The molecular formula is C20H25ClF3N5O. The minimum Gasteiger partial charge on any atom is -0.367 e. The van der Waals surface area contributed by atoms with Crippen LogP contribution in [0.4, 0.5) is 30.5 Å². The Kier molecular flexibility index (Phi) is 7.89. The molecule has 164 valence electrons. The van der Waals surface area contributed by atoms with Crippen molar-refractivity contribution in [1.82, 2.24) is 9.97 Å². The Bertz CT molecular complexity index is 881. The molecule has 1 aromatic carbocycles. The summed E-state index contributed by atoms with van der Waals surface area (Å²) < 4.78 is 39.7. The van der Waals surface area contributed by atoms with Gasteiger partial charge in [-0.1, -0.05) is 0 Å². The molecule has 0 unspecified atom stereocenters. The summed E-state index contributed by atoms with van der Waals surface area (Å²) in [6.45, 7) is 1.83. The number of rotatable bonds is 5. The summed E-state index contributed by atoms with van der Waals surface area (Å²) in [7, 11) is 3.82. The Morgan fingerprint density at radius 3 is 2.20 bits per heavy atom. The number of amides is 1. The first kappa shape index (κ1) is 23.7. The zero-order chi connectivity index (χ0) is 21.1. The normalized spacial score (nSPS) is 18.3. The molecule has 6 nitrogen and oxygen atoms in total. The molecule has 1 fully saturated rings. The average molecular weight is 444 g/mol. The van der Waals surface area contributed by atoms with E-state index in [-0.39, 0.29) is 36.0 Å². The van der Waals surface area contributed by atoms with Crippen molar-refractivity contribution in [2.24, 2.45) is 5.92 Å². The Morgan fingerprint density at radius 2 is 1.63 bits per heavy atom. The highest BCUT2D eigenvalue weighted by molar-refractivity contribution is 5.92. The molecule has 1 amide bonds. The molecule has 2 aromatic rings. The lowest BCUT2D eigenvalue weighted by molar-refractivity contribution is -0.120. The molecule has 0 bridgehead atoms. The molecule has 1 aliphatic carbocycles. The standard InChI is InChI=1S/C20H24F3N5O.ClH/c1-11-24-17(10-18(25-11)28(2)3)26-13-6-4-12(5-7-13)20(29)27-14-8-15(21)19(23)16(22)9-14;/h8-10,12-13H,4-7H2,1-3H3,(H,27,29)(H,24,25,26);1H. The van der Waals surface area contributed by atoms with E-state index in [1.54, 1.807) is 0 Å². The molecule has 0 atom stereocenters. The number of carbonyl (C=O) groups excluding carboxylic acids is 1. The molecule has 1 heterocycles. The fourth-order valence-electron chi connectivity index (χ4n) is 3.44. The summed E-state index contributed by atoms with van der Waals surface area (Å²) in [5.41, 5.74) is -0.0840. The number of hydrogen-bond donors (Lipinski definition) is 2. The average Bonchev–Trinajstić information content (AvgIpc) is 2.66. The summed E-state index contributed by atoms with van der Waals surface area (Å²) in [4.78, 5) is 23.1. The second-order valence-corrected chi connectivity index (χ2v) is 7.49. The molecule has 0 spiro atoms. The van der Waals surface area contributed by atoms with Crippen LogP contribution in [-0.2, 0) is 4.79 Å². The molecule has 3 rings (SSSR count). The van der Waals surface area contributed by atoms with E-state index in [4.69, 9.17) is 0 Å². The fourth-order valence-corrected chi connectivity index (χ4v) is 3.44. The fraction of sp³-hybridized carbons (Fsp3) is 0.450. The van der Waals surface area contributed by atoms with Crippen molar-refractivity contribution in [1.29, 1.82) is 0 Å². The van der Waals surface area contributed by atoms with E-state index in [0.29, 0.717) is 18.7 Å². The second kappa shape index (κ2) is 9.97. The van der Waals surface area contributed by atoms with Gasteiger partial charge >= 0.3 is 0 Å². The van der Waals surface area contributed by atoms with Gasteiger partial charge in [0.2, 0.25) is 5.91 Å². The highest BCUT2D eigenvalue weighted by Crippen LogP contribution is 2.28. The molecular weight excluding hydrogens is 419 g/mol. The Hall–Kier alpha value is -2.55.